The lowest BCUT2D eigenvalue weighted by Gasteiger charge is -2.13. The standard InChI is InChI=1S/C19H16ClFN4O4/c1-11(19(27)23-14-3-2-10-22-17(14)20)28-16(26)9-8-15-24-18(25-29-15)12-4-6-13(21)7-5-12/h2-7,10-11H,8-9H2,1H3,(H,23,27). The Balaban J connectivity index is 1.49. The van der Waals surface area contributed by atoms with Gasteiger partial charge in [0.25, 0.3) is 5.91 Å². The summed E-state index contributed by atoms with van der Waals surface area (Å²) in [5.41, 5.74) is 0.907. The molecule has 10 heteroatoms. The summed E-state index contributed by atoms with van der Waals surface area (Å²) in [6, 6.07) is 8.81. The molecule has 2 aromatic heterocycles. The van der Waals surface area contributed by atoms with E-state index in [0.717, 1.165) is 0 Å². The van der Waals surface area contributed by atoms with Crippen molar-refractivity contribution in [2.24, 2.45) is 0 Å². The first-order valence-corrected chi connectivity index (χ1v) is 8.99. The van der Waals surface area contributed by atoms with Crippen LogP contribution in [0.3, 0.4) is 0 Å². The van der Waals surface area contributed by atoms with E-state index in [2.05, 4.69) is 20.4 Å². The largest absolute Gasteiger partial charge is 0.453 e. The molecular weight excluding hydrogens is 403 g/mol. The first-order valence-electron chi connectivity index (χ1n) is 8.62. The van der Waals surface area contributed by atoms with Crippen LogP contribution in [0, 0.1) is 5.82 Å². The smallest absolute Gasteiger partial charge is 0.307 e. The van der Waals surface area contributed by atoms with Crippen molar-refractivity contribution in [1.29, 1.82) is 0 Å². The topological polar surface area (TPSA) is 107 Å². The molecule has 1 unspecified atom stereocenters. The van der Waals surface area contributed by atoms with Gasteiger partial charge in [0.15, 0.2) is 11.3 Å². The number of ether oxygens (including phenoxy) is 1. The Bertz CT molecular complexity index is 1010. The summed E-state index contributed by atoms with van der Waals surface area (Å²) in [6.07, 6.45) is 0.531. The number of rotatable bonds is 7. The Labute approximate surface area is 170 Å². The Hall–Kier alpha value is -3.33. The van der Waals surface area contributed by atoms with Gasteiger partial charge in [0.2, 0.25) is 11.7 Å². The molecule has 0 aliphatic rings. The molecule has 0 aliphatic carbocycles. The molecule has 1 amide bonds. The van der Waals surface area contributed by atoms with Crippen molar-refractivity contribution in [3.05, 3.63) is 59.5 Å². The maximum absolute atomic E-state index is 13.0. The van der Waals surface area contributed by atoms with E-state index < -0.39 is 18.0 Å². The fourth-order valence-electron chi connectivity index (χ4n) is 2.30. The monoisotopic (exact) mass is 418 g/mol. The zero-order valence-electron chi connectivity index (χ0n) is 15.3. The molecule has 0 spiro atoms. The molecule has 1 N–H and O–H groups in total. The third-order valence-electron chi connectivity index (χ3n) is 3.81. The Morgan fingerprint density at radius 2 is 2.03 bits per heavy atom. The molecular formula is C19H16ClFN4O4. The fourth-order valence-corrected chi connectivity index (χ4v) is 2.47. The molecule has 29 heavy (non-hydrogen) atoms. The first kappa shape index (κ1) is 20.4. The van der Waals surface area contributed by atoms with Gasteiger partial charge in [-0.25, -0.2) is 9.37 Å². The van der Waals surface area contributed by atoms with Crippen LogP contribution in [0.1, 0.15) is 19.2 Å². The quantitative estimate of drug-likeness (QED) is 0.462. The minimum Gasteiger partial charge on any atom is -0.453 e. The van der Waals surface area contributed by atoms with Gasteiger partial charge in [-0.2, -0.15) is 4.98 Å². The number of carbonyl (C=O) groups is 2. The second kappa shape index (κ2) is 9.24. The van der Waals surface area contributed by atoms with Crippen LogP contribution < -0.4 is 5.32 Å². The minimum atomic E-state index is -1.03. The van der Waals surface area contributed by atoms with Crippen LogP contribution in [0.5, 0.6) is 0 Å². The van der Waals surface area contributed by atoms with Crippen molar-refractivity contribution in [3.63, 3.8) is 0 Å². The number of carbonyl (C=O) groups excluding carboxylic acids is 2. The zero-order valence-corrected chi connectivity index (χ0v) is 16.0. The number of hydrogen-bond acceptors (Lipinski definition) is 7. The summed E-state index contributed by atoms with van der Waals surface area (Å²) in [6.45, 7) is 1.44. The summed E-state index contributed by atoms with van der Waals surface area (Å²) in [5.74, 6) is -1.00. The SMILES string of the molecule is CC(OC(=O)CCc1nc(-c2ccc(F)cc2)no1)C(=O)Nc1cccnc1Cl. The van der Waals surface area contributed by atoms with Gasteiger partial charge < -0.3 is 14.6 Å². The zero-order chi connectivity index (χ0) is 20.8. The number of aryl methyl sites for hydroxylation is 1. The van der Waals surface area contributed by atoms with Crippen molar-refractivity contribution in [1.82, 2.24) is 15.1 Å². The summed E-state index contributed by atoms with van der Waals surface area (Å²) >= 11 is 5.87. The minimum absolute atomic E-state index is 0.0592. The number of pyridine rings is 1. The number of amides is 1. The molecule has 0 bridgehead atoms. The van der Waals surface area contributed by atoms with E-state index >= 15 is 0 Å². The second-order valence-electron chi connectivity index (χ2n) is 5.98. The number of benzene rings is 1. The molecule has 0 radical (unpaired) electrons. The highest BCUT2D eigenvalue weighted by molar-refractivity contribution is 6.32. The van der Waals surface area contributed by atoms with Crippen LogP contribution in [-0.4, -0.2) is 33.1 Å². The van der Waals surface area contributed by atoms with E-state index in [1.807, 2.05) is 0 Å². The summed E-state index contributed by atoms with van der Waals surface area (Å²) in [4.78, 5) is 32.1. The third-order valence-corrected chi connectivity index (χ3v) is 4.11. The van der Waals surface area contributed by atoms with Crippen LogP contribution >= 0.6 is 11.6 Å². The molecule has 3 aromatic rings. The maximum atomic E-state index is 13.0. The highest BCUT2D eigenvalue weighted by Crippen LogP contribution is 2.18. The summed E-state index contributed by atoms with van der Waals surface area (Å²) < 4.78 is 23.2. The molecule has 8 nitrogen and oxygen atoms in total. The number of esters is 1. The molecule has 1 atom stereocenters. The van der Waals surface area contributed by atoms with Crippen LogP contribution in [0.15, 0.2) is 47.1 Å². The van der Waals surface area contributed by atoms with Crippen LogP contribution in [0.25, 0.3) is 11.4 Å². The lowest BCUT2D eigenvalue weighted by atomic mass is 10.2. The summed E-state index contributed by atoms with van der Waals surface area (Å²) in [7, 11) is 0. The van der Waals surface area contributed by atoms with Crippen LogP contribution in [0.2, 0.25) is 5.15 Å². The average molecular weight is 419 g/mol. The van der Waals surface area contributed by atoms with Gasteiger partial charge in [-0.05, 0) is 43.3 Å². The number of aromatic nitrogens is 3. The van der Waals surface area contributed by atoms with E-state index in [9.17, 15) is 14.0 Å². The lowest BCUT2D eigenvalue weighted by Crippen LogP contribution is -2.30. The molecule has 0 saturated heterocycles. The Morgan fingerprint density at radius 1 is 1.28 bits per heavy atom. The second-order valence-corrected chi connectivity index (χ2v) is 6.34. The molecule has 1 aromatic carbocycles. The van der Waals surface area contributed by atoms with Gasteiger partial charge >= 0.3 is 5.97 Å². The van der Waals surface area contributed by atoms with Crippen molar-refractivity contribution in [2.45, 2.75) is 25.9 Å². The number of anilines is 1. The van der Waals surface area contributed by atoms with E-state index in [-0.39, 0.29) is 35.5 Å². The van der Waals surface area contributed by atoms with Gasteiger partial charge in [-0.15, -0.1) is 0 Å². The normalized spacial score (nSPS) is 11.7. The average Bonchev–Trinajstić information content (AvgIpc) is 3.17. The molecule has 3 rings (SSSR count). The molecule has 150 valence electrons. The van der Waals surface area contributed by atoms with E-state index in [1.54, 1.807) is 12.1 Å². The van der Waals surface area contributed by atoms with Gasteiger partial charge in [-0.1, -0.05) is 16.8 Å². The molecule has 0 saturated carbocycles. The highest BCUT2D eigenvalue weighted by Gasteiger charge is 2.20. The van der Waals surface area contributed by atoms with E-state index in [0.29, 0.717) is 11.3 Å². The van der Waals surface area contributed by atoms with Crippen LogP contribution in [-0.2, 0) is 20.7 Å². The maximum Gasteiger partial charge on any atom is 0.307 e. The predicted octanol–water partition coefficient (Wildman–Crippen LogP) is 3.43. The predicted molar refractivity (Wildman–Crippen MR) is 101 cm³/mol. The Morgan fingerprint density at radius 3 is 2.76 bits per heavy atom. The van der Waals surface area contributed by atoms with E-state index in [1.165, 1.54) is 37.4 Å². The number of nitrogens with one attached hydrogen (secondary N) is 1. The van der Waals surface area contributed by atoms with Crippen molar-refractivity contribution in [3.8, 4) is 11.4 Å². The van der Waals surface area contributed by atoms with Gasteiger partial charge in [-0.3, -0.25) is 9.59 Å². The number of nitrogens with zero attached hydrogens (tertiary/aromatic N) is 3. The van der Waals surface area contributed by atoms with Crippen molar-refractivity contribution < 1.29 is 23.2 Å². The third kappa shape index (κ3) is 5.58. The Kier molecular flexibility index (Phi) is 6.50. The molecule has 0 aliphatic heterocycles. The fraction of sp³-hybridized carbons (Fsp3) is 0.211. The van der Waals surface area contributed by atoms with Gasteiger partial charge in [0, 0.05) is 18.2 Å². The lowest BCUT2D eigenvalue weighted by molar-refractivity contribution is -0.153. The molecule has 0 fully saturated rings. The summed E-state index contributed by atoms with van der Waals surface area (Å²) in [5, 5.41) is 6.46. The number of halogens is 2. The first-order chi connectivity index (χ1) is 13.9. The van der Waals surface area contributed by atoms with Gasteiger partial charge in [0.1, 0.15) is 5.82 Å². The van der Waals surface area contributed by atoms with Crippen LogP contribution in [0.4, 0.5) is 10.1 Å². The number of hydrogen-bond donors (Lipinski definition) is 1. The highest BCUT2D eigenvalue weighted by atomic mass is 35.5. The molecule has 2 heterocycles. The van der Waals surface area contributed by atoms with Crippen molar-refractivity contribution in [2.75, 3.05) is 5.32 Å². The van der Waals surface area contributed by atoms with Gasteiger partial charge in [0.05, 0.1) is 12.1 Å². The van der Waals surface area contributed by atoms with E-state index in [4.69, 9.17) is 20.9 Å². The van der Waals surface area contributed by atoms with Crippen molar-refractivity contribution >= 4 is 29.2 Å².